The summed E-state index contributed by atoms with van der Waals surface area (Å²) in [5.41, 5.74) is 1.76. The predicted molar refractivity (Wildman–Crippen MR) is 88.2 cm³/mol. The van der Waals surface area contributed by atoms with E-state index in [0.717, 1.165) is 17.7 Å². The van der Waals surface area contributed by atoms with Gasteiger partial charge < -0.3 is 15.0 Å². The molecule has 0 radical (unpaired) electrons. The number of hydrogen-bond donors (Lipinski definition) is 1. The SMILES string of the molecule is Cc1cccc(O[C@H]2CCN(C(=O)NCc3ccc(F)cc3)C2)n1. The first-order valence-corrected chi connectivity index (χ1v) is 7.98. The van der Waals surface area contributed by atoms with E-state index in [0.29, 0.717) is 25.5 Å². The normalized spacial score (nSPS) is 16.9. The molecule has 3 rings (SSSR count). The zero-order valence-electron chi connectivity index (χ0n) is 13.5. The first-order valence-electron chi connectivity index (χ1n) is 7.98. The molecule has 1 aliphatic rings. The Hall–Kier alpha value is -2.63. The monoisotopic (exact) mass is 329 g/mol. The lowest BCUT2D eigenvalue weighted by molar-refractivity contribution is 0.183. The lowest BCUT2D eigenvalue weighted by atomic mass is 10.2. The van der Waals surface area contributed by atoms with Crippen molar-refractivity contribution in [2.75, 3.05) is 13.1 Å². The minimum atomic E-state index is -0.283. The number of likely N-dealkylation sites (tertiary alicyclic amines) is 1. The Morgan fingerprint density at radius 3 is 2.88 bits per heavy atom. The molecule has 0 bridgehead atoms. The third-order valence-corrected chi connectivity index (χ3v) is 3.94. The summed E-state index contributed by atoms with van der Waals surface area (Å²) in [6.07, 6.45) is 0.732. The Kier molecular flexibility index (Phi) is 4.93. The van der Waals surface area contributed by atoms with Gasteiger partial charge in [-0.05, 0) is 30.7 Å². The molecular formula is C18H20FN3O2. The van der Waals surface area contributed by atoms with E-state index in [2.05, 4.69) is 10.3 Å². The van der Waals surface area contributed by atoms with Gasteiger partial charge in [0.2, 0.25) is 5.88 Å². The highest BCUT2D eigenvalue weighted by Crippen LogP contribution is 2.17. The lowest BCUT2D eigenvalue weighted by Crippen LogP contribution is -2.39. The summed E-state index contributed by atoms with van der Waals surface area (Å²) in [5, 5.41) is 2.85. The highest BCUT2D eigenvalue weighted by Gasteiger charge is 2.27. The molecule has 2 aromatic rings. The van der Waals surface area contributed by atoms with Gasteiger partial charge in [0.1, 0.15) is 11.9 Å². The minimum absolute atomic E-state index is 0.0455. The summed E-state index contributed by atoms with van der Waals surface area (Å²) in [6.45, 7) is 3.47. The second-order valence-electron chi connectivity index (χ2n) is 5.88. The van der Waals surface area contributed by atoms with Gasteiger partial charge >= 0.3 is 6.03 Å². The van der Waals surface area contributed by atoms with Gasteiger partial charge in [-0.1, -0.05) is 18.2 Å². The van der Waals surface area contributed by atoms with Crippen LogP contribution in [0, 0.1) is 12.7 Å². The second kappa shape index (κ2) is 7.29. The fourth-order valence-electron chi connectivity index (χ4n) is 2.66. The van der Waals surface area contributed by atoms with E-state index in [1.54, 1.807) is 17.0 Å². The second-order valence-corrected chi connectivity index (χ2v) is 5.88. The number of aryl methyl sites for hydroxylation is 1. The van der Waals surface area contributed by atoms with Gasteiger partial charge in [0.15, 0.2) is 0 Å². The molecule has 0 spiro atoms. The molecule has 1 N–H and O–H groups in total. The number of halogens is 1. The van der Waals surface area contributed by atoms with Gasteiger partial charge in [-0.3, -0.25) is 0 Å². The van der Waals surface area contributed by atoms with Crippen LogP contribution in [0.1, 0.15) is 17.7 Å². The van der Waals surface area contributed by atoms with Crippen LogP contribution in [0.2, 0.25) is 0 Å². The Balaban J connectivity index is 1.48. The highest BCUT2D eigenvalue weighted by atomic mass is 19.1. The van der Waals surface area contributed by atoms with Crippen molar-refractivity contribution in [3.8, 4) is 5.88 Å². The number of rotatable bonds is 4. The molecule has 2 amide bonds. The summed E-state index contributed by atoms with van der Waals surface area (Å²) in [5.74, 6) is 0.308. The third kappa shape index (κ3) is 4.22. The van der Waals surface area contributed by atoms with Crippen molar-refractivity contribution in [3.63, 3.8) is 0 Å². The first-order chi connectivity index (χ1) is 11.6. The van der Waals surface area contributed by atoms with Crippen LogP contribution in [-0.4, -0.2) is 35.1 Å². The number of carbonyl (C=O) groups excluding carboxylic acids is 1. The molecule has 0 saturated carbocycles. The average molecular weight is 329 g/mol. The molecule has 126 valence electrons. The molecule has 2 heterocycles. The standard InChI is InChI=1S/C18H20FN3O2/c1-13-3-2-4-17(21-13)24-16-9-10-22(12-16)18(23)20-11-14-5-7-15(19)8-6-14/h2-8,16H,9-12H2,1H3,(H,20,23)/t16-/m0/s1. The number of hydrogen-bond acceptors (Lipinski definition) is 3. The Morgan fingerprint density at radius 2 is 2.12 bits per heavy atom. The van der Waals surface area contributed by atoms with Crippen molar-refractivity contribution in [1.82, 2.24) is 15.2 Å². The molecule has 1 atom stereocenters. The number of urea groups is 1. The van der Waals surface area contributed by atoms with Crippen molar-refractivity contribution < 1.29 is 13.9 Å². The number of nitrogens with one attached hydrogen (secondary N) is 1. The minimum Gasteiger partial charge on any atom is -0.472 e. The number of benzene rings is 1. The van der Waals surface area contributed by atoms with E-state index < -0.39 is 0 Å². The number of nitrogens with zero attached hydrogens (tertiary/aromatic N) is 2. The van der Waals surface area contributed by atoms with Gasteiger partial charge in [0, 0.05) is 31.3 Å². The van der Waals surface area contributed by atoms with Crippen molar-refractivity contribution in [3.05, 3.63) is 59.5 Å². The fourth-order valence-corrected chi connectivity index (χ4v) is 2.66. The Bertz CT molecular complexity index is 706. The number of pyridine rings is 1. The molecule has 6 heteroatoms. The van der Waals surface area contributed by atoms with Crippen LogP contribution in [-0.2, 0) is 6.54 Å². The predicted octanol–water partition coefficient (Wildman–Crippen LogP) is 2.89. The fraction of sp³-hybridized carbons (Fsp3) is 0.333. The largest absolute Gasteiger partial charge is 0.472 e. The summed E-state index contributed by atoms with van der Waals surface area (Å²) in [6, 6.07) is 11.6. The molecule has 1 aliphatic heterocycles. The number of ether oxygens (including phenoxy) is 1. The maximum absolute atomic E-state index is 12.9. The molecule has 5 nitrogen and oxygen atoms in total. The summed E-state index contributed by atoms with van der Waals surface area (Å²) in [4.78, 5) is 18.3. The Morgan fingerprint density at radius 1 is 1.33 bits per heavy atom. The average Bonchev–Trinajstić information content (AvgIpc) is 3.03. The van der Waals surface area contributed by atoms with Crippen LogP contribution >= 0.6 is 0 Å². The van der Waals surface area contributed by atoms with Gasteiger partial charge in [0.05, 0.1) is 6.54 Å². The van der Waals surface area contributed by atoms with E-state index in [4.69, 9.17) is 4.74 Å². The van der Waals surface area contributed by atoms with Crippen LogP contribution in [0.5, 0.6) is 5.88 Å². The molecule has 0 aliphatic carbocycles. The van der Waals surface area contributed by atoms with E-state index >= 15 is 0 Å². The van der Waals surface area contributed by atoms with E-state index in [-0.39, 0.29) is 18.0 Å². The third-order valence-electron chi connectivity index (χ3n) is 3.94. The van der Waals surface area contributed by atoms with E-state index in [9.17, 15) is 9.18 Å². The molecule has 0 unspecified atom stereocenters. The zero-order chi connectivity index (χ0) is 16.9. The number of aromatic nitrogens is 1. The summed E-state index contributed by atoms with van der Waals surface area (Å²) < 4.78 is 18.7. The topological polar surface area (TPSA) is 54.5 Å². The number of amides is 2. The first kappa shape index (κ1) is 16.2. The quantitative estimate of drug-likeness (QED) is 0.938. The van der Waals surface area contributed by atoms with E-state index in [1.807, 2.05) is 25.1 Å². The highest BCUT2D eigenvalue weighted by molar-refractivity contribution is 5.74. The van der Waals surface area contributed by atoms with Crippen LogP contribution < -0.4 is 10.1 Å². The molecule has 1 aromatic carbocycles. The Labute approximate surface area is 140 Å². The molecule has 1 aromatic heterocycles. The summed E-state index contributed by atoms with van der Waals surface area (Å²) in [7, 11) is 0. The molecule has 1 saturated heterocycles. The molecular weight excluding hydrogens is 309 g/mol. The van der Waals surface area contributed by atoms with Crippen molar-refractivity contribution in [1.29, 1.82) is 0 Å². The van der Waals surface area contributed by atoms with Crippen LogP contribution in [0.15, 0.2) is 42.5 Å². The zero-order valence-corrected chi connectivity index (χ0v) is 13.5. The molecule has 1 fully saturated rings. The van der Waals surface area contributed by atoms with Gasteiger partial charge in [-0.2, -0.15) is 0 Å². The number of carbonyl (C=O) groups is 1. The lowest BCUT2D eigenvalue weighted by Gasteiger charge is -2.18. The van der Waals surface area contributed by atoms with Gasteiger partial charge in [0.25, 0.3) is 0 Å². The van der Waals surface area contributed by atoms with Crippen molar-refractivity contribution in [2.45, 2.75) is 26.0 Å². The van der Waals surface area contributed by atoms with Crippen LogP contribution in [0.3, 0.4) is 0 Å². The van der Waals surface area contributed by atoms with E-state index in [1.165, 1.54) is 12.1 Å². The molecule has 24 heavy (non-hydrogen) atoms. The maximum atomic E-state index is 12.9. The van der Waals surface area contributed by atoms with Crippen molar-refractivity contribution >= 4 is 6.03 Å². The van der Waals surface area contributed by atoms with Gasteiger partial charge in [-0.25, -0.2) is 14.2 Å². The van der Waals surface area contributed by atoms with Crippen LogP contribution in [0.4, 0.5) is 9.18 Å². The van der Waals surface area contributed by atoms with Crippen molar-refractivity contribution in [2.24, 2.45) is 0 Å². The maximum Gasteiger partial charge on any atom is 0.317 e. The summed E-state index contributed by atoms with van der Waals surface area (Å²) >= 11 is 0. The van der Waals surface area contributed by atoms with Crippen LogP contribution in [0.25, 0.3) is 0 Å². The van der Waals surface area contributed by atoms with Gasteiger partial charge in [-0.15, -0.1) is 0 Å². The smallest absolute Gasteiger partial charge is 0.317 e.